The number of nitrogens with zero attached hydrogens (tertiary/aromatic N) is 5. The highest BCUT2D eigenvalue weighted by molar-refractivity contribution is 8.01. The molecular weight excluding hydrogens is 719 g/mol. The SMILES string of the molecule is O=C1C(=Cc2ccc(Sc3nc4ccc(N5C(=O)[C@@H]6CCCC[C@H]6C5=O)cc4s3)c([N+](=O)[O-])c2)C(=O)N(c2ccccc2)C(=S)N1c1ccccc1. The summed E-state index contributed by atoms with van der Waals surface area (Å²) in [7, 11) is 0. The molecule has 0 unspecified atom stereocenters. The van der Waals surface area contributed by atoms with Crippen molar-refractivity contribution in [2.45, 2.75) is 34.9 Å². The lowest BCUT2D eigenvalue weighted by Gasteiger charge is -2.36. The highest BCUT2D eigenvalue weighted by Gasteiger charge is 2.49. The van der Waals surface area contributed by atoms with Crippen molar-refractivity contribution in [3.63, 3.8) is 0 Å². The van der Waals surface area contributed by atoms with Crippen molar-refractivity contribution < 1.29 is 24.1 Å². The fourth-order valence-electron chi connectivity index (χ4n) is 6.94. The van der Waals surface area contributed by atoms with Crippen molar-refractivity contribution in [3.8, 4) is 0 Å². The third-order valence-electron chi connectivity index (χ3n) is 9.42. The first-order valence-corrected chi connectivity index (χ1v) is 18.5. The fraction of sp³-hybridized carbons (Fsp3) is 0.158. The number of thiazole rings is 1. The van der Waals surface area contributed by atoms with Crippen molar-refractivity contribution >= 4 is 103 Å². The van der Waals surface area contributed by atoms with E-state index in [-0.39, 0.29) is 45.6 Å². The van der Waals surface area contributed by atoms with Crippen LogP contribution in [0.4, 0.5) is 22.7 Å². The molecule has 2 saturated heterocycles. The lowest BCUT2D eigenvalue weighted by Crippen LogP contribution is -2.56. The van der Waals surface area contributed by atoms with Gasteiger partial charge in [0.25, 0.3) is 17.5 Å². The minimum Gasteiger partial charge on any atom is -0.274 e. The van der Waals surface area contributed by atoms with Gasteiger partial charge in [-0.15, -0.1) is 11.3 Å². The number of anilines is 3. The Bertz CT molecular complexity index is 2280. The number of amides is 4. The Morgan fingerprint density at radius 1 is 0.769 bits per heavy atom. The van der Waals surface area contributed by atoms with Crippen LogP contribution in [0.25, 0.3) is 16.3 Å². The zero-order chi connectivity index (χ0) is 36.1. The predicted octanol–water partition coefficient (Wildman–Crippen LogP) is 7.78. The monoisotopic (exact) mass is 745 g/mol. The molecule has 14 heteroatoms. The standard InChI is InChI=1S/C38H27N5O6S3/c44-33-26-13-7-8-14-27(26)34(45)40(33)25-16-17-29-32(21-25)52-37(39-29)51-31-18-15-22(20-30(31)43(48)49)19-28-35(46)41(23-9-3-1-4-10-23)38(50)42(36(28)47)24-11-5-2-6-12-24/h1-6,9-12,15-21,26-27H,7-8,13-14H2/t26-,27-/m1/s1. The van der Waals surface area contributed by atoms with Gasteiger partial charge >= 0.3 is 0 Å². The Balaban J connectivity index is 1.10. The van der Waals surface area contributed by atoms with Gasteiger partial charge in [-0.1, -0.05) is 67.1 Å². The zero-order valence-corrected chi connectivity index (χ0v) is 29.7. The molecule has 0 radical (unpaired) electrons. The first kappa shape index (κ1) is 33.6. The van der Waals surface area contributed by atoms with Crippen molar-refractivity contribution in [3.05, 3.63) is 118 Å². The molecule has 1 aliphatic carbocycles. The molecule has 52 heavy (non-hydrogen) atoms. The van der Waals surface area contributed by atoms with Gasteiger partial charge in [0, 0.05) is 6.07 Å². The molecule has 11 nitrogen and oxygen atoms in total. The van der Waals surface area contributed by atoms with E-state index in [4.69, 9.17) is 12.2 Å². The molecule has 4 amide bonds. The van der Waals surface area contributed by atoms with Crippen LogP contribution < -0.4 is 14.7 Å². The Morgan fingerprint density at radius 2 is 1.37 bits per heavy atom. The maximum Gasteiger partial charge on any atom is 0.283 e. The van der Waals surface area contributed by atoms with Crippen LogP contribution in [-0.4, -0.2) is 38.6 Å². The van der Waals surface area contributed by atoms with E-state index in [0.29, 0.717) is 31.8 Å². The van der Waals surface area contributed by atoms with E-state index in [9.17, 15) is 29.3 Å². The molecule has 3 heterocycles. The highest BCUT2D eigenvalue weighted by atomic mass is 32.2. The van der Waals surface area contributed by atoms with Gasteiger partial charge in [-0.25, -0.2) is 4.98 Å². The molecule has 258 valence electrons. The van der Waals surface area contributed by atoms with Crippen LogP contribution >= 0.6 is 35.3 Å². The summed E-state index contributed by atoms with van der Waals surface area (Å²) < 4.78 is 1.26. The summed E-state index contributed by atoms with van der Waals surface area (Å²) >= 11 is 8.07. The number of carbonyl (C=O) groups is 4. The number of thiocarbonyl (C=S) groups is 1. The van der Waals surface area contributed by atoms with Gasteiger partial charge in [0.05, 0.1) is 48.9 Å². The number of hydrogen-bond donors (Lipinski definition) is 0. The predicted molar refractivity (Wildman–Crippen MR) is 203 cm³/mol. The van der Waals surface area contributed by atoms with Crippen LogP contribution in [0.15, 0.2) is 112 Å². The fourth-order valence-corrected chi connectivity index (χ4v) is 9.46. The normalized spacial score (nSPS) is 19.1. The van der Waals surface area contributed by atoms with Crippen LogP contribution in [0, 0.1) is 22.0 Å². The number of hydrogen-bond acceptors (Lipinski definition) is 10. The third-order valence-corrected chi connectivity index (χ3v) is 11.9. The summed E-state index contributed by atoms with van der Waals surface area (Å²) in [5, 5.41) is 12.3. The molecule has 1 saturated carbocycles. The minimum absolute atomic E-state index is 0.0122. The van der Waals surface area contributed by atoms with Gasteiger partial charge in [0.15, 0.2) is 9.45 Å². The van der Waals surface area contributed by atoms with E-state index in [1.807, 2.05) is 0 Å². The zero-order valence-electron chi connectivity index (χ0n) is 27.2. The summed E-state index contributed by atoms with van der Waals surface area (Å²) in [4.78, 5) is 74.8. The van der Waals surface area contributed by atoms with Crippen molar-refractivity contribution in [1.29, 1.82) is 0 Å². The van der Waals surface area contributed by atoms with E-state index >= 15 is 0 Å². The quantitative estimate of drug-likeness (QED) is 0.0409. The molecule has 5 aromatic rings. The summed E-state index contributed by atoms with van der Waals surface area (Å²) in [6.07, 6.45) is 4.68. The molecule has 3 fully saturated rings. The Labute approximate surface area is 310 Å². The van der Waals surface area contributed by atoms with E-state index < -0.39 is 16.7 Å². The smallest absolute Gasteiger partial charge is 0.274 e. The summed E-state index contributed by atoms with van der Waals surface area (Å²) in [5.41, 5.74) is 1.90. The van der Waals surface area contributed by atoms with E-state index in [1.165, 1.54) is 38.2 Å². The lowest BCUT2D eigenvalue weighted by atomic mass is 9.81. The number of benzene rings is 4. The van der Waals surface area contributed by atoms with E-state index in [2.05, 4.69) is 4.98 Å². The van der Waals surface area contributed by atoms with Crippen molar-refractivity contribution in [2.24, 2.45) is 11.8 Å². The van der Waals surface area contributed by atoms with E-state index in [0.717, 1.165) is 42.1 Å². The van der Waals surface area contributed by atoms with Crippen LogP contribution in [0.5, 0.6) is 0 Å². The lowest BCUT2D eigenvalue weighted by molar-refractivity contribution is -0.387. The molecule has 2 aliphatic heterocycles. The average molecular weight is 746 g/mol. The molecule has 0 bridgehead atoms. The van der Waals surface area contributed by atoms with Gasteiger partial charge in [0.2, 0.25) is 11.8 Å². The molecule has 8 rings (SSSR count). The largest absolute Gasteiger partial charge is 0.283 e. The van der Waals surface area contributed by atoms with Gasteiger partial charge in [-0.05, 0) is 85.2 Å². The number of carbonyl (C=O) groups excluding carboxylic acids is 4. The molecule has 2 atom stereocenters. The van der Waals surface area contributed by atoms with Gasteiger partial charge in [0.1, 0.15) is 5.57 Å². The first-order valence-electron chi connectivity index (χ1n) is 16.5. The number of imide groups is 1. The van der Waals surface area contributed by atoms with E-state index in [1.54, 1.807) is 91.0 Å². The van der Waals surface area contributed by atoms with Gasteiger partial charge in [-0.2, -0.15) is 0 Å². The summed E-state index contributed by atoms with van der Waals surface area (Å²) in [6, 6.07) is 27.1. The molecular formula is C38H27N5O6S3. The maximum atomic E-state index is 13.9. The number of rotatable bonds is 7. The van der Waals surface area contributed by atoms with Crippen LogP contribution in [0.3, 0.4) is 0 Å². The summed E-state index contributed by atoms with van der Waals surface area (Å²) in [6.45, 7) is 0. The molecule has 1 aromatic heterocycles. The van der Waals surface area contributed by atoms with Crippen molar-refractivity contribution in [1.82, 2.24) is 4.98 Å². The maximum absolute atomic E-state index is 13.9. The Kier molecular flexibility index (Phi) is 8.73. The second-order valence-corrected chi connectivity index (χ2v) is 15.2. The summed E-state index contributed by atoms with van der Waals surface area (Å²) in [5.74, 6) is -2.14. The second-order valence-electron chi connectivity index (χ2n) is 12.5. The number of aromatic nitrogens is 1. The highest BCUT2D eigenvalue weighted by Crippen LogP contribution is 2.43. The minimum atomic E-state index is -0.653. The van der Waals surface area contributed by atoms with Gasteiger partial charge < -0.3 is 0 Å². The number of nitro groups is 1. The topological polar surface area (TPSA) is 134 Å². The first-order chi connectivity index (χ1) is 25.2. The molecule has 0 N–H and O–H groups in total. The third kappa shape index (κ3) is 5.88. The van der Waals surface area contributed by atoms with Crippen molar-refractivity contribution in [2.75, 3.05) is 14.7 Å². The molecule has 0 spiro atoms. The number of para-hydroxylation sites is 2. The average Bonchev–Trinajstić information content (AvgIpc) is 3.67. The Morgan fingerprint density at radius 3 is 1.94 bits per heavy atom. The van der Waals surface area contributed by atoms with Crippen LogP contribution in [0.2, 0.25) is 0 Å². The second kappa shape index (κ2) is 13.5. The number of nitro benzene ring substituents is 1. The number of fused-ring (bicyclic) bond motifs is 2. The Hall–Kier alpha value is -5.57. The van der Waals surface area contributed by atoms with Crippen LogP contribution in [-0.2, 0) is 19.2 Å². The molecule has 3 aliphatic rings. The molecule has 4 aromatic carbocycles. The van der Waals surface area contributed by atoms with Crippen LogP contribution in [0.1, 0.15) is 31.2 Å². The van der Waals surface area contributed by atoms with Gasteiger partial charge in [-0.3, -0.25) is 44.0 Å².